The number of halogens is 1. The quantitative estimate of drug-likeness (QED) is 0.782. The van der Waals surface area contributed by atoms with Crippen LogP contribution in [-0.4, -0.2) is 23.0 Å². The number of rotatable bonds is 8. The van der Waals surface area contributed by atoms with Gasteiger partial charge in [0.1, 0.15) is 11.9 Å². The maximum atomic E-state index is 13.1. The van der Waals surface area contributed by atoms with Gasteiger partial charge in [0, 0.05) is 0 Å². The molecule has 0 aliphatic heterocycles. The average Bonchev–Trinajstić information content (AvgIpc) is 2.54. The number of hydrogen-bond donors (Lipinski definition) is 2. The molecule has 4 nitrogen and oxygen atoms in total. The molecule has 2 aromatic carbocycles. The molecule has 0 unspecified atom stereocenters. The molecule has 0 radical (unpaired) electrons. The summed E-state index contributed by atoms with van der Waals surface area (Å²) < 4.78 is 13.1. The number of carbonyl (C=O) groups is 2. The molecular weight excluding hydrogens is 309 g/mol. The molecule has 0 saturated carbocycles. The lowest BCUT2D eigenvalue weighted by Crippen LogP contribution is -2.41. The molecule has 1 atom stereocenters. The van der Waals surface area contributed by atoms with Crippen molar-refractivity contribution in [2.75, 3.05) is 0 Å². The Labute approximate surface area is 140 Å². The summed E-state index contributed by atoms with van der Waals surface area (Å²) in [5, 5.41) is 11.8. The molecule has 0 fully saturated rings. The summed E-state index contributed by atoms with van der Waals surface area (Å²) in [6, 6.07) is 14.5. The molecule has 0 aliphatic rings. The van der Waals surface area contributed by atoms with Gasteiger partial charge in [0.15, 0.2) is 0 Å². The molecule has 0 heterocycles. The van der Waals surface area contributed by atoms with Crippen LogP contribution in [0.25, 0.3) is 0 Å². The molecule has 0 spiro atoms. The number of aliphatic carboxylic acids is 1. The monoisotopic (exact) mass is 329 g/mol. The maximum absolute atomic E-state index is 13.1. The summed E-state index contributed by atoms with van der Waals surface area (Å²) in [5.74, 6) is -1.90. The molecule has 0 aromatic heterocycles. The first-order chi connectivity index (χ1) is 11.5. The zero-order valence-electron chi connectivity index (χ0n) is 13.2. The van der Waals surface area contributed by atoms with Gasteiger partial charge in [-0.3, -0.25) is 4.79 Å². The molecule has 5 heteroatoms. The largest absolute Gasteiger partial charge is 0.480 e. The lowest BCUT2D eigenvalue weighted by molar-refractivity contribution is -0.141. The number of nitrogens with one attached hydrogen (secondary N) is 1. The standard InChI is InChI=1S/C19H20FNO3/c20-16-10-4-9-15(12-16)13-18(22)21-17(19(23)24)11-5-8-14-6-2-1-3-7-14/h1-4,6-7,9-10,12,17H,5,8,11,13H2,(H,21,22)(H,23,24)/t17-/m1/s1. The second-order valence-corrected chi connectivity index (χ2v) is 5.64. The number of carbonyl (C=O) groups excluding carboxylic acids is 1. The van der Waals surface area contributed by atoms with E-state index in [-0.39, 0.29) is 6.42 Å². The fourth-order valence-electron chi connectivity index (χ4n) is 2.49. The van der Waals surface area contributed by atoms with Crippen LogP contribution >= 0.6 is 0 Å². The summed E-state index contributed by atoms with van der Waals surface area (Å²) in [4.78, 5) is 23.3. The lowest BCUT2D eigenvalue weighted by Gasteiger charge is -2.14. The first-order valence-electron chi connectivity index (χ1n) is 7.85. The molecule has 2 rings (SSSR count). The fraction of sp³-hybridized carbons (Fsp3) is 0.263. The number of amides is 1. The van der Waals surface area contributed by atoms with Crippen molar-refractivity contribution in [3.63, 3.8) is 0 Å². The lowest BCUT2D eigenvalue weighted by atomic mass is 10.0. The average molecular weight is 329 g/mol. The first kappa shape index (κ1) is 17.7. The summed E-state index contributed by atoms with van der Waals surface area (Å²) >= 11 is 0. The van der Waals surface area contributed by atoms with Crippen LogP contribution in [0.15, 0.2) is 54.6 Å². The molecule has 2 N–H and O–H groups in total. The molecule has 126 valence electrons. The Balaban J connectivity index is 1.84. The highest BCUT2D eigenvalue weighted by molar-refractivity contribution is 5.84. The van der Waals surface area contributed by atoms with Crippen molar-refractivity contribution in [2.24, 2.45) is 0 Å². The Morgan fingerprint density at radius 3 is 2.42 bits per heavy atom. The fourth-order valence-corrected chi connectivity index (χ4v) is 2.49. The number of aryl methyl sites for hydroxylation is 1. The van der Waals surface area contributed by atoms with Gasteiger partial charge in [0.2, 0.25) is 5.91 Å². The van der Waals surface area contributed by atoms with E-state index in [1.807, 2.05) is 30.3 Å². The molecule has 1 amide bonds. The van der Waals surface area contributed by atoms with Gasteiger partial charge < -0.3 is 10.4 Å². The number of hydrogen-bond acceptors (Lipinski definition) is 2. The van der Waals surface area contributed by atoms with Crippen molar-refractivity contribution in [2.45, 2.75) is 31.7 Å². The zero-order valence-corrected chi connectivity index (χ0v) is 13.2. The van der Waals surface area contributed by atoms with E-state index >= 15 is 0 Å². The third-order valence-electron chi connectivity index (χ3n) is 3.69. The van der Waals surface area contributed by atoms with Gasteiger partial charge in [-0.1, -0.05) is 42.5 Å². The predicted molar refractivity (Wildman–Crippen MR) is 89.1 cm³/mol. The maximum Gasteiger partial charge on any atom is 0.326 e. The second kappa shape index (κ2) is 8.82. The zero-order chi connectivity index (χ0) is 17.4. The Morgan fingerprint density at radius 2 is 1.75 bits per heavy atom. The minimum absolute atomic E-state index is 0.0414. The molecule has 0 bridgehead atoms. The highest BCUT2D eigenvalue weighted by Gasteiger charge is 2.19. The number of benzene rings is 2. The van der Waals surface area contributed by atoms with E-state index in [9.17, 15) is 19.1 Å². The van der Waals surface area contributed by atoms with E-state index in [1.54, 1.807) is 6.07 Å². The third-order valence-corrected chi connectivity index (χ3v) is 3.69. The summed E-state index contributed by atoms with van der Waals surface area (Å²) in [5.41, 5.74) is 1.65. The van der Waals surface area contributed by atoms with Crippen LogP contribution in [0.4, 0.5) is 4.39 Å². The van der Waals surface area contributed by atoms with Crippen molar-refractivity contribution < 1.29 is 19.1 Å². The van der Waals surface area contributed by atoms with Crippen LogP contribution in [0.1, 0.15) is 24.0 Å². The summed E-state index contributed by atoms with van der Waals surface area (Å²) in [6.45, 7) is 0. The summed E-state index contributed by atoms with van der Waals surface area (Å²) in [6.07, 6.45) is 1.71. The highest BCUT2D eigenvalue weighted by atomic mass is 19.1. The van der Waals surface area contributed by atoms with Gasteiger partial charge in [-0.25, -0.2) is 9.18 Å². The minimum atomic E-state index is -1.06. The Bertz CT molecular complexity index is 688. The van der Waals surface area contributed by atoms with Crippen LogP contribution in [0.3, 0.4) is 0 Å². The smallest absolute Gasteiger partial charge is 0.326 e. The van der Waals surface area contributed by atoms with Crippen molar-refractivity contribution in [3.05, 3.63) is 71.5 Å². The molecule has 2 aromatic rings. The van der Waals surface area contributed by atoms with Gasteiger partial charge >= 0.3 is 5.97 Å². The van der Waals surface area contributed by atoms with Crippen LogP contribution in [0.2, 0.25) is 0 Å². The van der Waals surface area contributed by atoms with Gasteiger partial charge in [0.05, 0.1) is 6.42 Å². The van der Waals surface area contributed by atoms with E-state index in [1.165, 1.54) is 18.2 Å². The minimum Gasteiger partial charge on any atom is -0.480 e. The van der Waals surface area contributed by atoms with Crippen LogP contribution < -0.4 is 5.32 Å². The molecular formula is C19H20FNO3. The van der Waals surface area contributed by atoms with Crippen molar-refractivity contribution in [1.82, 2.24) is 5.32 Å². The highest BCUT2D eigenvalue weighted by Crippen LogP contribution is 2.08. The first-order valence-corrected chi connectivity index (χ1v) is 7.85. The normalized spacial score (nSPS) is 11.7. The van der Waals surface area contributed by atoms with Crippen LogP contribution in [-0.2, 0) is 22.4 Å². The van der Waals surface area contributed by atoms with Gasteiger partial charge in [-0.15, -0.1) is 0 Å². The van der Waals surface area contributed by atoms with E-state index in [0.717, 1.165) is 12.0 Å². The number of carboxylic acid groups (broad SMARTS) is 1. The summed E-state index contributed by atoms with van der Waals surface area (Å²) in [7, 11) is 0. The van der Waals surface area contributed by atoms with E-state index in [2.05, 4.69) is 5.32 Å². The van der Waals surface area contributed by atoms with Crippen LogP contribution in [0.5, 0.6) is 0 Å². The Kier molecular flexibility index (Phi) is 6.49. The Morgan fingerprint density at radius 1 is 1.04 bits per heavy atom. The van der Waals surface area contributed by atoms with Crippen LogP contribution in [0, 0.1) is 5.82 Å². The SMILES string of the molecule is O=C(Cc1cccc(F)c1)N[C@H](CCCc1ccccc1)C(=O)O. The van der Waals surface area contributed by atoms with E-state index < -0.39 is 23.7 Å². The van der Waals surface area contributed by atoms with E-state index in [0.29, 0.717) is 18.4 Å². The van der Waals surface area contributed by atoms with Gasteiger partial charge in [-0.05, 0) is 42.5 Å². The third kappa shape index (κ3) is 5.83. The van der Waals surface area contributed by atoms with Crippen molar-refractivity contribution >= 4 is 11.9 Å². The molecule has 0 saturated heterocycles. The number of carboxylic acids is 1. The Hall–Kier alpha value is -2.69. The van der Waals surface area contributed by atoms with Gasteiger partial charge in [-0.2, -0.15) is 0 Å². The second-order valence-electron chi connectivity index (χ2n) is 5.64. The van der Waals surface area contributed by atoms with Gasteiger partial charge in [0.25, 0.3) is 0 Å². The van der Waals surface area contributed by atoms with Crippen molar-refractivity contribution in [1.29, 1.82) is 0 Å². The molecule has 24 heavy (non-hydrogen) atoms. The van der Waals surface area contributed by atoms with Crippen molar-refractivity contribution in [3.8, 4) is 0 Å². The molecule has 0 aliphatic carbocycles. The predicted octanol–water partition coefficient (Wildman–Crippen LogP) is 2.96. The van der Waals surface area contributed by atoms with E-state index in [4.69, 9.17) is 0 Å². The topological polar surface area (TPSA) is 66.4 Å².